The van der Waals surface area contributed by atoms with Gasteiger partial charge in [0, 0.05) is 18.8 Å². The molecule has 0 aliphatic heterocycles. The van der Waals surface area contributed by atoms with Gasteiger partial charge in [0.05, 0.1) is 28.8 Å². The van der Waals surface area contributed by atoms with Crippen LogP contribution < -0.4 is 15.2 Å². The molecule has 0 fully saturated rings. The molecule has 0 spiro atoms. The molecule has 13 heteroatoms. The molecule has 3 aromatic rings. The van der Waals surface area contributed by atoms with Crippen LogP contribution in [0.2, 0.25) is 0 Å². The third-order valence-corrected chi connectivity index (χ3v) is 8.82. The van der Waals surface area contributed by atoms with Crippen LogP contribution in [-0.2, 0) is 24.7 Å². The van der Waals surface area contributed by atoms with E-state index in [-0.39, 0.29) is 17.3 Å². The molecule has 1 amide bonds. The van der Waals surface area contributed by atoms with Gasteiger partial charge in [0.15, 0.2) is 15.1 Å². The van der Waals surface area contributed by atoms with Gasteiger partial charge in [-0.3, -0.25) is 4.79 Å². The monoisotopic (exact) mass is 512 g/mol. The van der Waals surface area contributed by atoms with Gasteiger partial charge in [-0.2, -0.15) is 0 Å². The number of hydrogen-bond acceptors (Lipinski definition) is 9. The number of fused-ring (bicyclic) bond motifs is 1. The fourth-order valence-electron chi connectivity index (χ4n) is 3.18. The molecule has 1 unspecified atom stereocenters. The summed E-state index contributed by atoms with van der Waals surface area (Å²) in [5.41, 5.74) is 2.26. The molecule has 10 nitrogen and oxygen atoms in total. The fraction of sp³-hybridized carbons (Fsp3) is 0.350. The van der Waals surface area contributed by atoms with Gasteiger partial charge in [0.1, 0.15) is 5.01 Å². The van der Waals surface area contributed by atoms with Crippen LogP contribution in [0.5, 0.6) is 5.88 Å². The number of rotatable bonds is 10. The summed E-state index contributed by atoms with van der Waals surface area (Å²) in [6.45, 7) is 1.40. The Kier molecular flexibility index (Phi) is 7.67. The average molecular weight is 513 g/mol. The van der Waals surface area contributed by atoms with E-state index in [2.05, 4.69) is 15.3 Å². The SMILES string of the molecule is CCCS(=O)(=O)C(C(=O)NCCS(N)(=O)=O)c1nc2ccc(-c3ccnc(OC)c3)cc2s1. The van der Waals surface area contributed by atoms with E-state index < -0.39 is 36.8 Å². The van der Waals surface area contributed by atoms with Crippen molar-refractivity contribution in [2.24, 2.45) is 5.14 Å². The van der Waals surface area contributed by atoms with Crippen LogP contribution in [0.15, 0.2) is 36.5 Å². The first-order valence-electron chi connectivity index (χ1n) is 9.94. The average Bonchev–Trinajstić information content (AvgIpc) is 3.14. The molecule has 0 aliphatic rings. The Morgan fingerprint density at radius 1 is 1.15 bits per heavy atom. The van der Waals surface area contributed by atoms with Crippen molar-refractivity contribution in [3.05, 3.63) is 41.5 Å². The third-order valence-electron chi connectivity index (χ3n) is 4.68. The number of carbonyl (C=O) groups is 1. The second kappa shape index (κ2) is 10.1. The van der Waals surface area contributed by atoms with E-state index in [0.717, 1.165) is 22.5 Å². The van der Waals surface area contributed by atoms with Gasteiger partial charge in [0.2, 0.25) is 21.8 Å². The van der Waals surface area contributed by atoms with Crippen LogP contribution in [0.1, 0.15) is 23.6 Å². The number of pyridine rings is 1. The Balaban J connectivity index is 1.98. The molecular formula is C20H24N4O6S3. The van der Waals surface area contributed by atoms with Crippen molar-refractivity contribution in [2.45, 2.75) is 18.6 Å². The number of thiazole rings is 1. The van der Waals surface area contributed by atoms with Crippen LogP contribution in [0.25, 0.3) is 21.3 Å². The first-order valence-corrected chi connectivity index (χ1v) is 14.2. The molecule has 1 aromatic carbocycles. The molecule has 0 aliphatic carbocycles. The molecule has 0 saturated carbocycles. The second-order valence-corrected chi connectivity index (χ2v) is 12.2. The Morgan fingerprint density at radius 3 is 2.55 bits per heavy atom. The molecule has 2 aromatic heterocycles. The molecule has 178 valence electrons. The number of hydrogen-bond donors (Lipinski definition) is 2. The van der Waals surface area contributed by atoms with Crippen molar-refractivity contribution in [1.29, 1.82) is 0 Å². The van der Waals surface area contributed by atoms with Gasteiger partial charge in [-0.25, -0.2) is 31.9 Å². The number of carbonyl (C=O) groups excluding carboxylic acids is 1. The highest BCUT2D eigenvalue weighted by atomic mass is 32.2. The van der Waals surface area contributed by atoms with Gasteiger partial charge < -0.3 is 10.1 Å². The lowest BCUT2D eigenvalue weighted by Crippen LogP contribution is -2.38. The van der Waals surface area contributed by atoms with Crippen molar-refractivity contribution in [3.8, 4) is 17.0 Å². The third kappa shape index (κ3) is 6.25. The summed E-state index contributed by atoms with van der Waals surface area (Å²) in [5, 5.41) is 5.90. The van der Waals surface area contributed by atoms with E-state index in [4.69, 9.17) is 9.88 Å². The zero-order valence-electron chi connectivity index (χ0n) is 18.0. The quantitative estimate of drug-likeness (QED) is 0.415. The fourth-order valence-corrected chi connectivity index (χ4v) is 6.71. The normalized spacial score (nSPS) is 13.1. The molecular weight excluding hydrogens is 488 g/mol. The predicted octanol–water partition coefficient (Wildman–Crippen LogP) is 1.64. The standard InChI is InChI=1S/C20H24N4O6S3/c1-3-9-32(26,27)18(19(25)23-8-10-33(21,28)29)20-24-15-5-4-13(11-16(15)31-20)14-6-7-22-17(12-14)30-2/h4-7,11-12,18H,3,8-10H2,1-2H3,(H,23,25)(H2,21,28,29). The topological polar surface area (TPSA) is 158 Å². The zero-order chi connectivity index (χ0) is 24.2. The number of nitrogens with one attached hydrogen (secondary N) is 1. The van der Waals surface area contributed by atoms with Gasteiger partial charge >= 0.3 is 0 Å². The molecule has 2 heterocycles. The van der Waals surface area contributed by atoms with Crippen molar-refractivity contribution in [1.82, 2.24) is 15.3 Å². The van der Waals surface area contributed by atoms with Crippen molar-refractivity contribution >= 4 is 47.3 Å². The molecule has 3 N–H and O–H groups in total. The lowest BCUT2D eigenvalue weighted by molar-refractivity contribution is -0.120. The lowest BCUT2D eigenvalue weighted by atomic mass is 10.1. The minimum absolute atomic E-state index is 0.121. The Hall–Kier alpha value is -2.61. The smallest absolute Gasteiger partial charge is 0.245 e. The first-order chi connectivity index (χ1) is 15.5. The van der Waals surface area contributed by atoms with Crippen LogP contribution in [0.4, 0.5) is 0 Å². The van der Waals surface area contributed by atoms with E-state index in [0.29, 0.717) is 22.5 Å². The van der Waals surface area contributed by atoms with E-state index in [1.54, 1.807) is 25.3 Å². The number of ether oxygens (including phenoxy) is 1. The number of aromatic nitrogens is 2. The predicted molar refractivity (Wildman–Crippen MR) is 127 cm³/mol. The van der Waals surface area contributed by atoms with Crippen molar-refractivity contribution < 1.29 is 26.4 Å². The summed E-state index contributed by atoms with van der Waals surface area (Å²) in [6, 6.07) is 9.03. The van der Waals surface area contributed by atoms with E-state index in [9.17, 15) is 21.6 Å². The van der Waals surface area contributed by atoms with Crippen molar-refractivity contribution in [2.75, 3.05) is 25.2 Å². The molecule has 1 atom stereocenters. The van der Waals surface area contributed by atoms with E-state index in [1.807, 2.05) is 18.2 Å². The van der Waals surface area contributed by atoms with E-state index >= 15 is 0 Å². The second-order valence-electron chi connectivity index (χ2n) is 7.23. The van der Waals surface area contributed by atoms with Crippen LogP contribution >= 0.6 is 11.3 Å². The van der Waals surface area contributed by atoms with Gasteiger partial charge in [-0.1, -0.05) is 13.0 Å². The Bertz CT molecular complexity index is 1370. The number of sulfonamides is 1. The molecule has 0 bridgehead atoms. The number of nitrogens with two attached hydrogens (primary N) is 1. The maximum atomic E-state index is 12.9. The number of primary sulfonamides is 1. The molecule has 3 rings (SSSR count). The zero-order valence-corrected chi connectivity index (χ0v) is 20.5. The van der Waals surface area contributed by atoms with Crippen LogP contribution in [0, 0.1) is 0 Å². The maximum Gasteiger partial charge on any atom is 0.245 e. The molecule has 0 radical (unpaired) electrons. The van der Waals surface area contributed by atoms with Gasteiger partial charge in [-0.15, -0.1) is 11.3 Å². The highest BCUT2D eigenvalue weighted by Gasteiger charge is 2.36. The number of sulfone groups is 1. The molecule has 33 heavy (non-hydrogen) atoms. The first kappa shape index (κ1) is 25.0. The minimum atomic E-state index is -3.88. The number of nitrogens with zero attached hydrogens (tertiary/aromatic N) is 2. The summed E-state index contributed by atoms with van der Waals surface area (Å²) < 4.78 is 54.0. The van der Waals surface area contributed by atoms with Crippen LogP contribution in [0.3, 0.4) is 0 Å². The number of benzene rings is 1. The number of amides is 1. The summed E-state index contributed by atoms with van der Waals surface area (Å²) in [6.07, 6.45) is 1.94. The Morgan fingerprint density at radius 2 is 1.88 bits per heavy atom. The van der Waals surface area contributed by atoms with E-state index in [1.165, 1.54) is 7.11 Å². The van der Waals surface area contributed by atoms with Crippen LogP contribution in [-0.4, -0.2) is 57.9 Å². The van der Waals surface area contributed by atoms with Gasteiger partial charge in [-0.05, 0) is 35.7 Å². The summed E-state index contributed by atoms with van der Waals surface area (Å²) >= 11 is 1.10. The summed E-state index contributed by atoms with van der Waals surface area (Å²) in [5.74, 6) is -1.08. The number of methoxy groups -OCH3 is 1. The summed E-state index contributed by atoms with van der Waals surface area (Å²) in [4.78, 5) is 21.3. The highest BCUT2D eigenvalue weighted by molar-refractivity contribution is 7.92. The summed E-state index contributed by atoms with van der Waals surface area (Å²) in [7, 11) is -6.16. The van der Waals surface area contributed by atoms with Crippen molar-refractivity contribution in [3.63, 3.8) is 0 Å². The maximum absolute atomic E-state index is 12.9. The minimum Gasteiger partial charge on any atom is -0.481 e. The Labute approximate surface area is 196 Å². The molecule has 0 saturated heterocycles. The largest absolute Gasteiger partial charge is 0.481 e. The lowest BCUT2D eigenvalue weighted by Gasteiger charge is -2.15. The van der Waals surface area contributed by atoms with Gasteiger partial charge in [0.25, 0.3) is 0 Å². The highest BCUT2D eigenvalue weighted by Crippen LogP contribution is 2.34.